The molecule has 0 aliphatic carbocycles. The monoisotopic (exact) mass is 137 g/mol. The van der Waals surface area contributed by atoms with Crippen molar-refractivity contribution in [2.75, 3.05) is 0 Å². The van der Waals surface area contributed by atoms with E-state index in [0.29, 0.717) is 6.42 Å². The molecule has 1 aromatic heterocycles. The van der Waals surface area contributed by atoms with Gasteiger partial charge in [-0.05, 0) is 17.8 Å². The quantitative estimate of drug-likeness (QED) is 0.614. The Morgan fingerprint density at radius 1 is 1.33 bits per heavy atom. The Morgan fingerprint density at radius 2 is 2.00 bits per heavy atom. The molecule has 46 valence electrons. The van der Waals surface area contributed by atoms with Gasteiger partial charge in [0.1, 0.15) is 0 Å². The zero-order chi connectivity index (χ0) is 6.53. The Bertz CT molecular complexity index is 195. The average molecular weight is 137 g/mol. The van der Waals surface area contributed by atoms with Gasteiger partial charge in [-0.25, -0.2) is 0 Å². The summed E-state index contributed by atoms with van der Waals surface area (Å²) < 4.78 is 0. The van der Waals surface area contributed by atoms with Crippen molar-refractivity contribution in [3.05, 3.63) is 23.7 Å². The molecule has 0 N–H and O–H groups in total. The SMILES string of the molecule is N#CCCp1cccc1. The van der Waals surface area contributed by atoms with Crippen LogP contribution in [0.3, 0.4) is 0 Å². The maximum atomic E-state index is 8.24. The predicted molar refractivity (Wildman–Crippen MR) is 39.4 cm³/mol. The third kappa shape index (κ3) is 1.91. The fourth-order valence-electron chi connectivity index (χ4n) is 0.698. The van der Waals surface area contributed by atoms with Crippen molar-refractivity contribution in [2.24, 2.45) is 0 Å². The molecule has 1 rings (SSSR count). The molecule has 0 spiro atoms. The first-order valence-corrected chi connectivity index (χ1v) is 4.58. The lowest BCUT2D eigenvalue weighted by Gasteiger charge is -1.87. The Balaban J connectivity index is 2.41. The van der Waals surface area contributed by atoms with Crippen LogP contribution in [-0.2, 0) is 6.16 Å². The molecular formula is C7H8NP. The highest BCUT2D eigenvalue weighted by Crippen LogP contribution is 2.28. The van der Waals surface area contributed by atoms with E-state index in [1.807, 2.05) is 0 Å². The second-order valence-electron chi connectivity index (χ2n) is 1.83. The molecule has 0 saturated heterocycles. The topological polar surface area (TPSA) is 23.8 Å². The molecule has 0 unspecified atom stereocenters. The standard InChI is InChI=1S/C7H8NP/c8-4-3-7-9-5-1-2-6-9/h1-2,5-6H,3,7H2. The van der Waals surface area contributed by atoms with Gasteiger partial charge in [0.2, 0.25) is 0 Å². The summed E-state index contributed by atoms with van der Waals surface area (Å²) in [6.45, 7) is 0. The number of hydrogen-bond acceptors (Lipinski definition) is 1. The van der Waals surface area contributed by atoms with Gasteiger partial charge in [-0.2, -0.15) is 5.26 Å². The van der Waals surface area contributed by atoms with E-state index in [1.54, 1.807) is 0 Å². The first-order valence-electron chi connectivity index (χ1n) is 2.91. The van der Waals surface area contributed by atoms with Crippen molar-refractivity contribution in [3.8, 4) is 6.07 Å². The molecule has 9 heavy (non-hydrogen) atoms. The van der Waals surface area contributed by atoms with Gasteiger partial charge in [-0.15, -0.1) is 7.53 Å². The van der Waals surface area contributed by atoms with Crippen LogP contribution in [0.5, 0.6) is 0 Å². The minimum absolute atomic E-state index is 0.0346. The van der Waals surface area contributed by atoms with E-state index in [9.17, 15) is 0 Å². The number of nitriles is 1. The summed E-state index contributed by atoms with van der Waals surface area (Å²) in [6.07, 6.45) is 1.74. The van der Waals surface area contributed by atoms with Crippen LogP contribution in [0.2, 0.25) is 0 Å². The summed E-state index contributed by atoms with van der Waals surface area (Å²) in [5, 5.41) is 8.24. The molecule has 0 radical (unpaired) electrons. The Hall–Kier alpha value is -0.730. The fourth-order valence-corrected chi connectivity index (χ4v) is 2.10. The van der Waals surface area contributed by atoms with Crippen LogP contribution in [0.15, 0.2) is 23.7 Å². The molecule has 1 nitrogen and oxygen atoms in total. The lowest BCUT2D eigenvalue weighted by Crippen LogP contribution is -1.62. The van der Waals surface area contributed by atoms with Crippen LogP contribution >= 0.6 is 7.53 Å². The van der Waals surface area contributed by atoms with E-state index in [0.717, 1.165) is 6.16 Å². The van der Waals surface area contributed by atoms with Gasteiger partial charge in [0, 0.05) is 6.42 Å². The molecule has 0 saturated carbocycles. The predicted octanol–water partition coefficient (Wildman–Crippen LogP) is 2.59. The molecule has 1 aromatic rings. The van der Waals surface area contributed by atoms with Gasteiger partial charge in [0.05, 0.1) is 6.07 Å². The lowest BCUT2D eigenvalue weighted by atomic mass is 10.6. The van der Waals surface area contributed by atoms with Gasteiger partial charge in [-0.3, -0.25) is 0 Å². The van der Waals surface area contributed by atoms with Gasteiger partial charge in [0.15, 0.2) is 0 Å². The van der Waals surface area contributed by atoms with Crippen LogP contribution in [0, 0.1) is 11.3 Å². The molecule has 1 heterocycles. The second-order valence-corrected chi connectivity index (χ2v) is 3.90. The molecular weight excluding hydrogens is 129 g/mol. The minimum atomic E-state index is -0.0346. The molecule has 0 aliphatic heterocycles. The highest BCUT2D eigenvalue weighted by atomic mass is 31.1. The van der Waals surface area contributed by atoms with Gasteiger partial charge in [0.25, 0.3) is 0 Å². The number of rotatable bonds is 2. The van der Waals surface area contributed by atoms with E-state index in [1.165, 1.54) is 0 Å². The van der Waals surface area contributed by atoms with Crippen molar-refractivity contribution < 1.29 is 0 Å². The first-order chi connectivity index (χ1) is 4.43. The van der Waals surface area contributed by atoms with E-state index in [-0.39, 0.29) is 7.53 Å². The van der Waals surface area contributed by atoms with Gasteiger partial charge in [-0.1, -0.05) is 12.1 Å². The second kappa shape index (κ2) is 3.33. The molecule has 0 aromatic carbocycles. The van der Waals surface area contributed by atoms with Crippen LogP contribution in [0.1, 0.15) is 6.42 Å². The smallest absolute Gasteiger partial charge is 0.0628 e. The lowest BCUT2D eigenvalue weighted by molar-refractivity contribution is 1.16. The van der Waals surface area contributed by atoms with Crippen molar-refractivity contribution in [3.63, 3.8) is 0 Å². The summed E-state index contributed by atoms with van der Waals surface area (Å²) in [5.41, 5.74) is 0. The molecule has 0 atom stereocenters. The number of hydrogen-bond donors (Lipinski definition) is 0. The molecule has 2 heteroatoms. The minimum Gasteiger partial charge on any atom is -0.198 e. The summed E-state index contributed by atoms with van der Waals surface area (Å²) >= 11 is 0. The average Bonchev–Trinajstić information content (AvgIpc) is 2.34. The van der Waals surface area contributed by atoms with Gasteiger partial charge < -0.3 is 0 Å². The van der Waals surface area contributed by atoms with Crippen molar-refractivity contribution in [2.45, 2.75) is 12.6 Å². The van der Waals surface area contributed by atoms with E-state index in [2.05, 4.69) is 29.8 Å². The first kappa shape index (κ1) is 6.39. The van der Waals surface area contributed by atoms with Crippen molar-refractivity contribution in [1.29, 1.82) is 5.26 Å². The highest BCUT2D eigenvalue weighted by Gasteiger charge is 1.87. The summed E-state index contributed by atoms with van der Waals surface area (Å²) in [7, 11) is -0.0346. The zero-order valence-corrected chi connectivity index (χ0v) is 6.01. The molecule has 0 bridgehead atoms. The van der Waals surface area contributed by atoms with Crippen molar-refractivity contribution >= 4 is 7.53 Å². The van der Waals surface area contributed by atoms with Crippen LogP contribution in [-0.4, -0.2) is 0 Å². The normalized spacial score (nSPS) is 8.78. The summed E-state index contributed by atoms with van der Waals surface area (Å²) in [6, 6.07) is 6.26. The maximum Gasteiger partial charge on any atom is 0.0628 e. The van der Waals surface area contributed by atoms with E-state index < -0.39 is 0 Å². The number of nitrogens with zero attached hydrogens (tertiary/aromatic N) is 1. The van der Waals surface area contributed by atoms with E-state index >= 15 is 0 Å². The van der Waals surface area contributed by atoms with Crippen molar-refractivity contribution in [1.82, 2.24) is 0 Å². The molecule has 0 aliphatic rings. The summed E-state index contributed by atoms with van der Waals surface area (Å²) in [4.78, 5) is 0. The number of aryl methyl sites for hydroxylation is 1. The third-order valence-corrected chi connectivity index (χ3v) is 3.00. The zero-order valence-electron chi connectivity index (χ0n) is 5.12. The Morgan fingerprint density at radius 3 is 2.56 bits per heavy atom. The fraction of sp³-hybridized carbons (Fsp3) is 0.286. The largest absolute Gasteiger partial charge is 0.198 e. The maximum absolute atomic E-state index is 8.24. The summed E-state index contributed by atoms with van der Waals surface area (Å²) in [5.74, 6) is 4.37. The Kier molecular flexibility index (Phi) is 2.36. The van der Waals surface area contributed by atoms with Crippen LogP contribution in [0.25, 0.3) is 0 Å². The highest BCUT2D eigenvalue weighted by molar-refractivity contribution is 7.47. The van der Waals surface area contributed by atoms with Crippen LogP contribution < -0.4 is 0 Å². The Labute approximate surface area is 56.0 Å². The van der Waals surface area contributed by atoms with E-state index in [4.69, 9.17) is 5.26 Å². The molecule has 0 amide bonds. The van der Waals surface area contributed by atoms with Gasteiger partial charge >= 0.3 is 0 Å². The molecule has 0 fully saturated rings. The third-order valence-electron chi connectivity index (χ3n) is 1.15. The van der Waals surface area contributed by atoms with Crippen LogP contribution in [0.4, 0.5) is 0 Å².